The predicted octanol–water partition coefficient (Wildman–Crippen LogP) is 2.53. The minimum absolute atomic E-state index is 0.0239. The zero-order valence-electron chi connectivity index (χ0n) is 12.1. The quantitative estimate of drug-likeness (QED) is 0.900. The zero-order chi connectivity index (χ0) is 14.7. The summed E-state index contributed by atoms with van der Waals surface area (Å²) in [6.07, 6.45) is 1.01. The smallest absolute Gasteiger partial charge is 0.219 e. The summed E-state index contributed by atoms with van der Waals surface area (Å²) in [5, 5.41) is 0. The lowest BCUT2D eigenvalue weighted by atomic mass is 10.1. The molecule has 1 aliphatic heterocycles. The summed E-state index contributed by atoms with van der Waals surface area (Å²) in [5.41, 5.74) is 8.24. The second kappa shape index (κ2) is 6.59. The Morgan fingerprint density at radius 1 is 1.30 bits per heavy atom. The van der Waals surface area contributed by atoms with Crippen molar-refractivity contribution in [2.75, 3.05) is 31.1 Å². The van der Waals surface area contributed by atoms with Crippen LogP contribution in [0.1, 0.15) is 31.9 Å². The number of hydrogen-bond acceptors (Lipinski definition) is 3. The molecule has 1 heterocycles. The van der Waals surface area contributed by atoms with Crippen molar-refractivity contribution in [3.05, 3.63) is 28.2 Å². The molecule has 1 atom stereocenters. The Bertz CT molecular complexity index is 490. The molecule has 0 bridgehead atoms. The van der Waals surface area contributed by atoms with Crippen LogP contribution in [0.15, 0.2) is 22.7 Å². The lowest BCUT2D eigenvalue weighted by Gasteiger charge is -2.24. The highest BCUT2D eigenvalue weighted by Crippen LogP contribution is 2.28. The average molecular weight is 340 g/mol. The largest absolute Gasteiger partial charge is 0.370 e. The minimum atomic E-state index is 0.0239. The third-order valence-electron chi connectivity index (χ3n) is 3.78. The Labute approximate surface area is 129 Å². The number of benzene rings is 1. The third kappa shape index (κ3) is 3.52. The second-order valence-corrected chi connectivity index (χ2v) is 6.20. The molecule has 110 valence electrons. The van der Waals surface area contributed by atoms with Crippen molar-refractivity contribution in [3.63, 3.8) is 0 Å². The first-order chi connectivity index (χ1) is 9.49. The number of halogens is 1. The summed E-state index contributed by atoms with van der Waals surface area (Å²) in [6, 6.07) is 6.35. The first-order valence-electron chi connectivity index (χ1n) is 7.04. The highest BCUT2D eigenvalue weighted by molar-refractivity contribution is 9.10. The molecule has 0 saturated carbocycles. The molecule has 0 aromatic heterocycles. The van der Waals surface area contributed by atoms with E-state index >= 15 is 0 Å². The van der Waals surface area contributed by atoms with E-state index in [0.717, 1.165) is 42.6 Å². The molecule has 1 saturated heterocycles. The van der Waals surface area contributed by atoms with Gasteiger partial charge in [-0.2, -0.15) is 0 Å². The van der Waals surface area contributed by atoms with Crippen LogP contribution in [0.4, 0.5) is 5.69 Å². The van der Waals surface area contributed by atoms with Gasteiger partial charge in [0.25, 0.3) is 0 Å². The maximum atomic E-state index is 11.5. The molecule has 4 nitrogen and oxygen atoms in total. The Morgan fingerprint density at radius 3 is 2.65 bits per heavy atom. The van der Waals surface area contributed by atoms with E-state index in [4.69, 9.17) is 5.73 Å². The summed E-state index contributed by atoms with van der Waals surface area (Å²) in [5.74, 6) is 0.167. The molecule has 2 rings (SSSR count). The summed E-state index contributed by atoms with van der Waals surface area (Å²) >= 11 is 3.60. The van der Waals surface area contributed by atoms with Crippen molar-refractivity contribution in [1.29, 1.82) is 0 Å². The van der Waals surface area contributed by atoms with Crippen LogP contribution >= 0.6 is 15.9 Å². The van der Waals surface area contributed by atoms with Gasteiger partial charge in [0, 0.05) is 49.3 Å². The van der Waals surface area contributed by atoms with E-state index in [-0.39, 0.29) is 11.9 Å². The number of carbonyl (C=O) groups is 1. The highest BCUT2D eigenvalue weighted by atomic mass is 79.9. The Balaban J connectivity index is 2.12. The van der Waals surface area contributed by atoms with E-state index < -0.39 is 0 Å². The third-order valence-corrected chi connectivity index (χ3v) is 4.47. The van der Waals surface area contributed by atoms with Gasteiger partial charge in [0.2, 0.25) is 5.91 Å². The van der Waals surface area contributed by atoms with Gasteiger partial charge in [-0.3, -0.25) is 4.79 Å². The standard InChI is InChI=1S/C15H22BrN3O/c1-11(17)14-5-4-13(10-15(14)16)19-7-3-6-18(8-9-19)12(2)20/h4-5,10-11H,3,6-9,17H2,1-2H3/t11-/m0/s1. The summed E-state index contributed by atoms with van der Waals surface area (Å²) in [4.78, 5) is 15.7. The number of hydrogen-bond donors (Lipinski definition) is 1. The van der Waals surface area contributed by atoms with Gasteiger partial charge < -0.3 is 15.5 Å². The van der Waals surface area contributed by atoms with Crippen LogP contribution in [0.3, 0.4) is 0 Å². The lowest BCUT2D eigenvalue weighted by molar-refractivity contribution is -0.128. The van der Waals surface area contributed by atoms with Crippen molar-refractivity contribution in [1.82, 2.24) is 4.90 Å². The van der Waals surface area contributed by atoms with Gasteiger partial charge in [-0.15, -0.1) is 0 Å². The van der Waals surface area contributed by atoms with E-state index in [2.05, 4.69) is 39.0 Å². The molecule has 0 radical (unpaired) electrons. The van der Waals surface area contributed by atoms with Crippen molar-refractivity contribution in [3.8, 4) is 0 Å². The van der Waals surface area contributed by atoms with Gasteiger partial charge in [-0.05, 0) is 31.0 Å². The number of carbonyl (C=O) groups excluding carboxylic acids is 1. The van der Waals surface area contributed by atoms with Crippen LogP contribution in [0.2, 0.25) is 0 Å². The van der Waals surface area contributed by atoms with E-state index in [1.807, 2.05) is 11.8 Å². The molecule has 1 aromatic rings. The molecule has 1 amide bonds. The van der Waals surface area contributed by atoms with Gasteiger partial charge in [0.05, 0.1) is 0 Å². The molecule has 5 heteroatoms. The molecule has 0 unspecified atom stereocenters. The molecule has 1 aromatic carbocycles. The van der Waals surface area contributed by atoms with Gasteiger partial charge in [0.1, 0.15) is 0 Å². The molecular weight excluding hydrogens is 318 g/mol. The maximum absolute atomic E-state index is 11.5. The summed E-state index contributed by atoms with van der Waals surface area (Å²) in [6.45, 7) is 7.13. The van der Waals surface area contributed by atoms with Crippen LogP contribution in [0, 0.1) is 0 Å². The van der Waals surface area contributed by atoms with Gasteiger partial charge in [-0.1, -0.05) is 22.0 Å². The monoisotopic (exact) mass is 339 g/mol. The second-order valence-electron chi connectivity index (χ2n) is 5.34. The first kappa shape index (κ1) is 15.3. The van der Waals surface area contributed by atoms with Crippen molar-refractivity contribution in [2.24, 2.45) is 5.73 Å². The van der Waals surface area contributed by atoms with Crippen molar-refractivity contribution in [2.45, 2.75) is 26.3 Å². The Kier molecular flexibility index (Phi) is 5.05. The van der Waals surface area contributed by atoms with Crippen LogP contribution in [0.25, 0.3) is 0 Å². The lowest BCUT2D eigenvalue weighted by Crippen LogP contribution is -2.33. The van der Waals surface area contributed by atoms with Crippen LogP contribution in [-0.4, -0.2) is 37.0 Å². The minimum Gasteiger partial charge on any atom is -0.370 e. The predicted molar refractivity (Wildman–Crippen MR) is 85.8 cm³/mol. The molecule has 2 N–H and O–H groups in total. The van der Waals surface area contributed by atoms with Crippen LogP contribution in [0.5, 0.6) is 0 Å². The molecular formula is C15H22BrN3O. The fourth-order valence-electron chi connectivity index (χ4n) is 2.57. The molecule has 0 aliphatic carbocycles. The highest BCUT2D eigenvalue weighted by Gasteiger charge is 2.17. The van der Waals surface area contributed by atoms with Crippen LogP contribution < -0.4 is 10.6 Å². The molecule has 0 spiro atoms. The average Bonchev–Trinajstić information content (AvgIpc) is 2.63. The molecule has 20 heavy (non-hydrogen) atoms. The normalized spacial score (nSPS) is 17.8. The maximum Gasteiger partial charge on any atom is 0.219 e. The van der Waals surface area contributed by atoms with Gasteiger partial charge in [-0.25, -0.2) is 0 Å². The number of rotatable bonds is 2. The summed E-state index contributed by atoms with van der Waals surface area (Å²) < 4.78 is 1.05. The van der Waals surface area contributed by atoms with Gasteiger partial charge >= 0.3 is 0 Å². The Morgan fingerprint density at radius 2 is 2.05 bits per heavy atom. The van der Waals surface area contributed by atoms with E-state index in [1.54, 1.807) is 6.92 Å². The fourth-order valence-corrected chi connectivity index (χ4v) is 3.30. The van der Waals surface area contributed by atoms with Crippen molar-refractivity contribution < 1.29 is 4.79 Å². The number of amides is 1. The van der Waals surface area contributed by atoms with Crippen molar-refractivity contribution >= 4 is 27.5 Å². The van der Waals surface area contributed by atoms with Gasteiger partial charge in [0.15, 0.2) is 0 Å². The zero-order valence-corrected chi connectivity index (χ0v) is 13.7. The summed E-state index contributed by atoms with van der Waals surface area (Å²) in [7, 11) is 0. The topological polar surface area (TPSA) is 49.6 Å². The fraction of sp³-hybridized carbons (Fsp3) is 0.533. The van der Waals surface area contributed by atoms with E-state index in [1.165, 1.54) is 5.69 Å². The number of nitrogens with two attached hydrogens (primary N) is 1. The van der Waals surface area contributed by atoms with E-state index in [9.17, 15) is 4.79 Å². The van der Waals surface area contributed by atoms with Crippen LogP contribution in [-0.2, 0) is 4.79 Å². The SMILES string of the molecule is CC(=O)N1CCCN(c2ccc([C@H](C)N)c(Br)c2)CC1. The first-order valence-corrected chi connectivity index (χ1v) is 7.84. The number of nitrogens with zero attached hydrogens (tertiary/aromatic N) is 2. The Hall–Kier alpha value is -1.07. The van der Waals surface area contributed by atoms with E-state index in [0.29, 0.717) is 0 Å². The molecule has 1 fully saturated rings. The molecule has 1 aliphatic rings. The number of anilines is 1.